The van der Waals surface area contributed by atoms with Crippen molar-refractivity contribution in [3.05, 3.63) is 58.7 Å². The zero-order valence-corrected chi connectivity index (χ0v) is 22.8. The third kappa shape index (κ3) is 7.84. The molecule has 1 fully saturated rings. The van der Waals surface area contributed by atoms with Crippen molar-refractivity contribution in [1.29, 1.82) is 0 Å². The van der Waals surface area contributed by atoms with Crippen molar-refractivity contribution in [3.8, 4) is 11.5 Å². The van der Waals surface area contributed by atoms with Gasteiger partial charge in [0.05, 0.1) is 30.1 Å². The van der Waals surface area contributed by atoms with E-state index in [1.54, 1.807) is 19.9 Å². The van der Waals surface area contributed by atoms with Gasteiger partial charge < -0.3 is 40.7 Å². The average Bonchev–Trinajstić information content (AvgIpc) is 2.87. The number of phenols is 1. The van der Waals surface area contributed by atoms with Crippen molar-refractivity contribution in [2.75, 3.05) is 13.2 Å². The van der Waals surface area contributed by atoms with Crippen LogP contribution in [-0.4, -0.2) is 84.3 Å². The highest BCUT2D eigenvalue weighted by Crippen LogP contribution is 2.37. The van der Waals surface area contributed by atoms with Crippen molar-refractivity contribution >= 4 is 17.7 Å². The summed E-state index contributed by atoms with van der Waals surface area (Å²) < 4.78 is 6.04. The van der Waals surface area contributed by atoms with Crippen LogP contribution in [0.4, 0.5) is 0 Å². The Kier molecular flexibility index (Phi) is 10.4. The van der Waals surface area contributed by atoms with E-state index in [9.17, 15) is 35.4 Å². The Bertz CT molecular complexity index is 1080. The van der Waals surface area contributed by atoms with Gasteiger partial charge in [-0.2, -0.15) is 0 Å². The molecular weight excluding hydrogens is 510 g/mol. The van der Waals surface area contributed by atoms with Crippen LogP contribution in [-0.2, 0) is 17.6 Å². The number of rotatable bonds is 11. The fourth-order valence-electron chi connectivity index (χ4n) is 4.35. The topological polar surface area (TPSA) is 160 Å². The van der Waals surface area contributed by atoms with Gasteiger partial charge in [-0.1, -0.05) is 24.3 Å². The van der Waals surface area contributed by atoms with E-state index in [-0.39, 0.29) is 24.9 Å². The summed E-state index contributed by atoms with van der Waals surface area (Å²) in [6.07, 6.45) is -1.88. The Morgan fingerprint density at radius 3 is 2.32 bits per heavy atom. The monoisotopic (exact) mass is 549 g/mol. The number of aromatic hydroxyl groups is 1. The van der Waals surface area contributed by atoms with E-state index in [2.05, 4.69) is 5.32 Å². The highest BCUT2D eigenvalue weighted by atomic mass is 32.2. The van der Waals surface area contributed by atoms with Crippen LogP contribution in [0.15, 0.2) is 36.4 Å². The highest BCUT2D eigenvalue weighted by Gasteiger charge is 2.44. The molecule has 1 saturated heterocycles. The number of benzene rings is 2. The van der Waals surface area contributed by atoms with Gasteiger partial charge in [0.1, 0.15) is 23.7 Å². The quantitative estimate of drug-likeness (QED) is 0.220. The first-order valence-corrected chi connectivity index (χ1v) is 13.7. The predicted octanol–water partition coefficient (Wildman–Crippen LogP) is 1.40. The van der Waals surface area contributed by atoms with Gasteiger partial charge in [0.2, 0.25) is 5.91 Å². The minimum absolute atomic E-state index is 0.00222. The molecule has 0 aromatic heterocycles. The van der Waals surface area contributed by atoms with E-state index in [0.29, 0.717) is 25.0 Å². The van der Waals surface area contributed by atoms with Gasteiger partial charge in [0.15, 0.2) is 5.44 Å². The predicted molar refractivity (Wildman–Crippen MR) is 145 cm³/mol. The lowest BCUT2D eigenvalue weighted by Gasteiger charge is -2.39. The smallest absolute Gasteiger partial charge is 0.220 e. The average molecular weight is 550 g/mol. The molecule has 10 heteroatoms. The number of hydrogen-bond acceptors (Lipinski definition) is 9. The number of thioether (sulfide) groups is 1. The molecule has 1 amide bonds. The zero-order valence-electron chi connectivity index (χ0n) is 22.0. The molecule has 5 atom stereocenters. The summed E-state index contributed by atoms with van der Waals surface area (Å²) in [7, 11) is 0. The number of hydrogen-bond donors (Lipinski definition) is 7. The minimum Gasteiger partial charge on any atom is -0.508 e. The molecule has 3 rings (SSSR count). The maximum Gasteiger partial charge on any atom is 0.220 e. The molecule has 1 unspecified atom stereocenters. The first-order valence-electron chi connectivity index (χ1n) is 12.7. The maximum absolute atomic E-state index is 12.1. The molecule has 1 aliphatic heterocycles. The molecule has 0 spiro atoms. The Labute approximate surface area is 227 Å². The molecular formula is C28H39NO8S. The number of ether oxygens (including phenoxy) is 1. The third-order valence-electron chi connectivity index (χ3n) is 6.65. The summed E-state index contributed by atoms with van der Waals surface area (Å²) in [5.41, 5.74) is 2.08. The van der Waals surface area contributed by atoms with E-state index >= 15 is 0 Å². The number of aliphatic hydroxyl groups is 5. The lowest BCUT2D eigenvalue weighted by atomic mass is 9.97. The third-order valence-corrected chi connectivity index (χ3v) is 8.08. The van der Waals surface area contributed by atoms with Gasteiger partial charge >= 0.3 is 0 Å². The summed E-state index contributed by atoms with van der Waals surface area (Å²) in [4.78, 5) is 12.1. The maximum atomic E-state index is 12.1. The van der Waals surface area contributed by atoms with E-state index < -0.39 is 34.5 Å². The van der Waals surface area contributed by atoms with Gasteiger partial charge in [-0.3, -0.25) is 4.79 Å². The second-order valence-corrected chi connectivity index (χ2v) is 11.8. The van der Waals surface area contributed by atoms with Crippen LogP contribution in [0.1, 0.15) is 48.9 Å². The lowest BCUT2D eigenvalue weighted by molar-refractivity contribution is -0.123. The Morgan fingerprint density at radius 2 is 1.68 bits per heavy atom. The first-order chi connectivity index (χ1) is 17.9. The lowest BCUT2D eigenvalue weighted by Crippen LogP contribution is -2.55. The van der Waals surface area contributed by atoms with Crippen molar-refractivity contribution < 1.29 is 40.2 Å². The van der Waals surface area contributed by atoms with Crippen LogP contribution in [0.5, 0.6) is 11.5 Å². The van der Waals surface area contributed by atoms with Gasteiger partial charge in [0, 0.05) is 24.5 Å². The fraction of sp³-hybridized carbons (Fsp3) is 0.536. The van der Waals surface area contributed by atoms with Crippen molar-refractivity contribution in [2.24, 2.45) is 0 Å². The highest BCUT2D eigenvalue weighted by molar-refractivity contribution is 8.00. The molecule has 0 bridgehead atoms. The molecule has 1 heterocycles. The van der Waals surface area contributed by atoms with Crippen LogP contribution in [0, 0.1) is 6.92 Å². The van der Waals surface area contributed by atoms with Crippen molar-refractivity contribution in [3.63, 3.8) is 0 Å². The summed E-state index contributed by atoms with van der Waals surface area (Å²) in [5.74, 6) is 0.252. The Hall–Kier alpha value is -2.34. The van der Waals surface area contributed by atoms with Crippen LogP contribution in [0.3, 0.4) is 0 Å². The number of carbonyl (C=O) groups is 1. The molecule has 0 radical (unpaired) electrons. The van der Waals surface area contributed by atoms with E-state index in [0.717, 1.165) is 40.4 Å². The van der Waals surface area contributed by atoms with Crippen LogP contribution in [0.2, 0.25) is 0 Å². The normalized spacial score (nSPS) is 23.7. The molecule has 210 valence electrons. The molecule has 0 aliphatic carbocycles. The summed E-state index contributed by atoms with van der Waals surface area (Å²) in [5, 5.41) is 61.9. The molecule has 38 heavy (non-hydrogen) atoms. The molecule has 7 N–H and O–H groups in total. The summed E-state index contributed by atoms with van der Waals surface area (Å²) >= 11 is 1.03. The number of phenolic OH excluding ortho intramolecular Hbond substituents is 1. The Balaban J connectivity index is 1.67. The van der Waals surface area contributed by atoms with E-state index in [1.165, 1.54) is 6.07 Å². The summed E-state index contributed by atoms with van der Waals surface area (Å²) in [6, 6.07) is 11.1. The fourth-order valence-corrected chi connectivity index (χ4v) is 5.58. The second kappa shape index (κ2) is 13.1. The molecule has 1 aliphatic rings. The van der Waals surface area contributed by atoms with Crippen LogP contribution in [0.25, 0.3) is 0 Å². The largest absolute Gasteiger partial charge is 0.508 e. The molecule has 2 aromatic rings. The summed E-state index contributed by atoms with van der Waals surface area (Å²) in [6.45, 7) is 4.87. The van der Waals surface area contributed by atoms with Crippen molar-refractivity contribution in [2.45, 2.75) is 81.0 Å². The van der Waals surface area contributed by atoms with Crippen LogP contribution < -0.4 is 10.1 Å². The van der Waals surface area contributed by atoms with Gasteiger partial charge in [-0.15, -0.1) is 11.8 Å². The van der Waals surface area contributed by atoms with Crippen LogP contribution >= 0.6 is 11.8 Å². The van der Waals surface area contributed by atoms with E-state index in [4.69, 9.17) is 4.74 Å². The Morgan fingerprint density at radius 1 is 1.03 bits per heavy atom. The van der Waals surface area contributed by atoms with Crippen molar-refractivity contribution in [1.82, 2.24) is 5.32 Å². The SMILES string of the molecule is Cc1cc(O)cc(O[C@@H]2S[C@H](CO)[C@@H](O)C(O)[C@H]2O)c1Cc1ccc(CCCC(=O)NC(C)(C)CO)cc1. The molecule has 9 nitrogen and oxygen atoms in total. The second-order valence-electron chi connectivity index (χ2n) is 10.5. The van der Waals surface area contributed by atoms with Gasteiger partial charge in [-0.05, 0) is 56.4 Å². The standard InChI is InChI=1S/C28H39NO8S/c1-16-11-19(32)13-21(37-27-26(36)25(35)24(34)22(14-30)38-27)20(16)12-18-9-7-17(8-10-18)5-4-6-23(33)29-28(2,3)15-31/h7-11,13,22,24-27,30-32,34-36H,4-6,12,14-15H2,1-3H3,(H,29,33)/t22-,24-,25?,26-,27-/m1/s1. The first kappa shape index (κ1) is 30.2. The molecule has 2 aromatic carbocycles. The number of amides is 1. The van der Waals surface area contributed by atoms with E-state index in [1.807, 2.05) is 31.2 Å². The number of nitrogens with one attached hydrogen (secondary N) is 1. The zero-order chi connectivity index (χ0) is 28.0. The number of carbonyl (C=O) groups excluding carboxylic acids is 1. The van der Waals surface area contributed by atoms with Gasteiger partial charge in [0.25, 0.3) is 0 Å². The van der Waals surface area contributed by atoms with Gasteiger partial charge in [-0.25, -0.2) is 0 Å². The number of aryl methyl sites for hydroxylation is 2. The minimum atomic E-state index is -1.47. The molecule has 0 saturated carbocycles. The number of aliphatic hydroxyl groups excluding tert-OH is 5.